The van der Waals surface area contributed by atoms with E-state index in [1.54, 1.807) is 28.8 Å². The summed E-state index contributed by atoms with van der Waals surface area (Å²) in [6.45, 7) is 7.08. The summed E-state index contributed by atoms with van der Waals surface area (Å²) in [5, 5.41) is 0. The van der Waals surface area contributed by atoms with Crippen LogP contribution >= 0.6 is 0 Å². The molecule has 1 aliphatic rings. The molecule has 1 aliphatic heterocycles. The molecule has 0 bridgehead atoms. The summed E-state index contributed by atoms with van der Waals surface area (Å²) in [4.78, 5) is 6.85. The molecule has 1 aromatic heterocycles. The number of hydrogen-bond donors (Lipinski definition) is 0. The van der Waals surface area contributed by atoms with Gasteiger partial charge in [0.15, 0.2) is 0 Å². The molecule has 0 radical (unpaired) electrons. The molecular weight excluding hydrogens is 358 g/mol. The van der Waals surface area contributed by atoms with Gasteiger partial charge >= 0.3 is 0 Å². The number of sulfonamides is 1. The van der Waals surface area contributed by atoms with Crippen LogP contribution in [0.5, 0.6) is 0 Å². The summed E-state index contributed by atoms with van der Waals surface area (Å²) in [6.07, 6.45) is 6.44. The van der Waals surface area contributed by atoms with Crippen molar-refractivity contribution in [1.29, 1.82) is 0 Å². The maximum absolute atomic E-state index is 13.1. The van der Waals surface area contributed by atoms with Crippen molar-refractivity contribution in [1.82, 2.24) is 14.2 Å². The van der Waals surface area contributed by atoms with Gasteiger partial charge < -0.3 is 0 Å². The molecule has 0 amide bonds. The minimum atomic E-state index is -3.44. The highest BCUT2D eigenvalue weighted by atomic mass is 32.2. The molecule has 2 heterocycles. The molecule has 0 spiro atoms. The molecule has 1 atom stereocenters. The molecule has 3 rings (SSSR count). The van der Waals surface area contributed by atoms with Gasteiger partial charge in [0.2, 0.25) is 10.0 Å². The van der Waals surface area contributed by atoms with E-state index in [1.165, 1.54) is 5.56 Å². The van der Waals surface area contributed by atoms with Crippen LogP contribution in [-0.2, 0) is 23.0 Å². The fourth-order valence-electron chi connectivity index (χ4n) is 3.71. The average Bonchev–Trinajstić information content (AvgIpc) is 2.73. The SMILES string of the molecule is CCc1ccc(S(=O)(=O)N2CCCC(N(CC)Cc3ccncc3)C2)cc1. The highest BCUT2D eigenvalue weighted by molar-refractivity contribution is 7.89. The minimum absolute atomic E-state index is 0.238. The Morgan fingerprint density at radius 2 is 1.78 bits per heavy atom. The number of likely N-dealkylation sites (N-methyl/N-ethyl adjacent to an activating group) is 1. The van der Waals surface area contributed by atoms with Crippen LogP contribution in [0.4, 0.5) is 0 Å². The van der Waals surface area contributed by atoms with E-state index in [2.05, 4.69) is 23.7 Å². The zero-order valence-electron chi connectivity index (χ0n) is 16.2. The van der Waals surface area contributed by atoms with Crippen LogP contribution in [0.15, 0.2) is 53.7 Å². The van der Waals surface area contributed by atoms with Gasteiger partial charge in [-0.1, -0.05) is 26.0 Å². The fraction of sp³-hybridized carbons (Fsp3) is 0.476. The van der Waals surface area contributed by atoms with E-state index < -0.39 is 10.0 Å². The number of hydrogen-bond acceptors (Lipinski definition) is 4. The van der Waals surface area contributed by atoms with Crippen LogP contribution in [0.2, 0.25) is 0 Å². The highest BCUT2D eigenvalue weighted by Gasteiger charge is 2.32. The number of rotatable bonds is 7. The number of piperidine rings is 1. The van der Waals surface area contributed by atoms with Crippen LogP contribution < -0.4 is 0 Å². The fourth-order valence-corrected chi connectivity index (χ4v) is 5.22. The van der Waals surface area contributed by atoms with Gasteiger partial charge in [-0.05, 0) is 61.2 Å². The second kappa shape index (κ2) is 8.95. The lowest BCUT2D eigenvalue weighted by atomic mass is 10.1. The molecule has 146 valence electrons. The molecule has 6 heteroatoms. The second-order valence-electron chi connectivity index (χ2n) is 7.08. The first-order chi connectivity index (χ1) is 13.0. The standard InChI is InChI=1S/C21H29N3O2S/c1-3-18-7-9-21(10-8-18)27(25,26)24-15-5-6-20(17-24)23(4-2)16-19-11-13-22-14-12-19/h7-14,20H,3-6,15-17H2,1-2H3. The predicted molar refractivity (Wildman–Crippen MR) is 108 cm³/mol. The van der Waals surface area contributed by atoms with E-state index in [9.17, 15) is 8.42 Å². The van der Waals surface area contributed by atoms with Crippen LogP contribution in [0.1, 0.15) is 37.8 Å². The Morgan fingerprint density at radius 1 is 1.07 bits per heavy atom. The van der Waals surface area contributed by atoms with Crippen LogP contribution in [0.25, 0.3) is 0 Å². The van der Waals surface area contributed by atoms with E-state index in [1.807, 2.05) is 24.3 Å². The topological polar surface area (TPSA) is 53.5 Å². The maximum Gasteiger partial charge on any atom is 0.243 e. The van der Waals surface area contributed by atoms with Crippen molar-refractivity contribution >= 4 is 10.0 Å². The molecule has 1 aromatic carbocycles. The van der Waals surface area contributed by atoms with Gasteiger partial charge in [0.25, 0.3) is 0 Å². The Morgan fingerprint density at radius 3 is 2.41 bits per heavy atom. The first kappa shape index (κ1) is 20.0. The van der Waals surface area contributed by atoms with Crippen molar-refractivity contribution in [3.63, 3.8) is 0 Å². The lowest BCUT2D eigenvalue weighted by Gasteiger charge is -2.38. The molecule has 0 saturated carbocycles. The van der Waals surface area contributed by atoms with Crippen molar-refractivity contribution in [3.05, 3.63) is 59.9 Å². The van der Waals surface area contributed by atoms with Crippen LogP contribution in [0, 0.1) is 0 Å². The molecule has 1 saturated heterocycles. The highest BCUT2D eigenvalue weighted by Crippen LogP contribution is 2.24. The third kappa shape index (κ3) is 4.75. The molecule has 5 nitrogen and oxygen atoms in total. The van der Waals surface area contributed by atoms with Crippen molar-refractivity contribution in [2.24, 2.45) is 0 Å². The second-order valence-corrected chi connectivity index (χ2v) is 9.01. The Labute approximate surface area is 163 Å². The Bertz CT molecular complexity index is 822. The third-order valence-corrected chi connectivity index (χ3v) is 7.27. The van der Waals surface area contributed by atoms with E-state index in [4.69, 9.17) is 0 Å². The summed E-state index contributed by atoms with van der Waals surface area (Å²) in [7, 11) is -3.44. The van der Waals surface area contributed by atoms with E-state index in [-0.39, 0.29) is 6.04 Å². The number of nitrogens with zero attached hydrogens (tertiary/aromatic N) is 3. The molecule has 1 unspecified atom stereocenters. The van der Waals surface area contributed by atoms with Gasteiger partial charge in [-0.3, -0.25) is 9.88 Å². The van der Waals surface area contributed by atoms with Gasteiger partial charge in [-0.25, -0.2) is 8.42 Å². The van der Waals surface area contributed by atoms with Crippen LogP contribution in [0.3, 0.4) is 0 Å². The lowest BCUT2D eigenvalue weighted by Crippen LogP contribution is -2.49. The van der Waals surface area contributed by atoms with E-state index >= 15 is 0 Å². The summed E-state index contributed by atoms with van der Waals surface area (Å²) in [5.74, 6) is 0. The molecular formula is C21H29N3O2S. The average molecular weight is 388 g/mol. The quantitative estimate of drug-likeness (QED) is 0.731. The van der Waals surface area contributed by atoms with Crippen molar-refractivity contribution < 1.29 is 8.42 Å². The Kier molecular flexibility index (Phi) is 6.63. The van der Waals surface area contributed by atoms with Crippen molar-refractivity contribution in [2.45, 2.75) is 50.6 Å². The summed E-state index contributed by atoms with van der Waals surface area (Å²) >= 11 is 0. The summed E-state index contributed by atoms with van der Waals surface area (Å²) in [6, 6.07) is 11.6. The molecule has 0 aliphatic carbocycles. The zero-order chi connectivity index (χ0) is 19.3. The van der Waals surface area contributed by atoms with Gasteiger partial charge in [-0.15, -0.1) is 0 Å². The Balaban J connectivity index is 1.73. The molecule has 27 heavy (non-hydrogen) atoms. The number of benzene rings is 1. The Hall–Kier alpha value is -1.76. The summed E-state index contributed by atoms with van der Waals surface area (Å²) < 4.78 is 27.9. The third-order valence-electron chi connectivity index (χ3n) is 5.39. The molecule has 0 N–H and O–H groups in total. The van der Waals surface area contributed by atoms with Crippen molar-refractivity contribution in [2.75, 3.05) is 19.6 Å². The van der Waals surface area contributed by atoms with Gasteiger partial charge in [-0.2, -0.15) is 4.31 Å². The number of pyridine rings is 1. The predicted octanol–water partition coefficient (Wildman–Crippen LogP) is 3.32. The molecule has 1 fully saturated rings. The van der Waals surface area contributed by atoms with E-state index in [0.29, 0.717) is 18.0 Å². The lowest BCUT2D eigenvalue weighted by molar-refractivity contribution is 0.134. The normalized spacial score (nSPS) is 18.7. The van der Waals surface area contributed by atoms with Crippen molar-refractivity contribution in [3.8, 4) is 0 Å². The first-order valence-corrected chi connectivity index (χ1v) is 11.2. The monoisotopic (exact) mass is 387 g/mol. The zero-order valence-corrected chi connectivity index (χ0v) is 17.0. The minimum Gasteiger partial charge on any atom is -0.295 e. The first-order valence-electron chi connectivity index (χ1n) is 9.76. The smallest absolute Gasteiger partial charge is 0.243 e. The van der Waals surface area contributed by atoms with E-state index in [0.717, 1.165) is 37.9 Å². The summed E-state index contributed by atoms with van der Waals surface area (Å²) in [5.41, 5.74) is 2.36. The number of aryl methyl sites for hydroxylation is 1. The largest absolute Gasteiger partial charge is 0.295 e. The maximum atomic E-state index is 13.1. The van der Waals surface area contributed by atoms with Gasteiger partial charge in [0.1, 0.15) is 0 Å². The van der Waals surface area contributed by atoms with Gasteiger partial charge in [0, 0.05) is 38.1 Å². The van der Waals surface area contributed by atoms with Crippen LogP contribution in [-0.4, -0.2) is 48.3 Å². The van der Waals surface area contributed by atoms with Gasteiger partial charge in [0.05, 0.1) is 4.90 Å². The number of aromatic nitrogens is 1. The molecule has 2 aromatic rings.